The summed E-state index contributed by atoms with van der Waals surface area (Å²) in [7, 11) is -3.25. The lowest BCUT2D eigenvalue weighted by atomic mass is 10.1. The Balaban J connectivity index is 3.05. The standard InChI is InChI=1S/C9H12BrNO2S/c1-7-4-3-5-9(8(7)2)11-14(12,13)6-10/h3-5,11H,6H2,1-2H3. The van der Waals surface area contributed by atoms with Crippen molar-refractivity contribution in [3.05, 3.63) is 29.3 Å². The Hall–Kier alpha value is -0.550. The van der Waals surface area contributed by atoms with Crippen LogP contribution in [0.2, 0.25) is 0 Å². The summed E-state index contributed by atoms with van der Waals surface area (Å²) >= 11 is 2.92. The van der Waals surface area contributed by atoms with E-state index in [1.807, 2.05) is 26.0 Å². The smallest absolute Gasteiger partial charge is 0.242 e. The molecule has 1 rings (SSSR count). The van der Waals surface area contributed by atoms with Crippen LogP contribution in [0.25, 0.3) is 0 Å². The van der Waals surface area contributed by atoms with Crippen molar-refractivity contribution in [2.75, 3.05) is 9.38 Å². The van der Waals surface area contributed by atoms with Crippen molar-refractivity contribution in [3.8, 4) is 0 Å². The van der Waals surface area contributed by atoms with Gasteiger partial charge in [0.2, 0.25) is 10.0 Å². The van der Waals surface area contributed by atoms with E-state index in [9.17, 15) is 8.42 Å². The molecule has 1 aromatic carbocycles. The van der Waals surface area contributed by atoms with E-state index < -0.39 is 10.0 Å². The fourth-order valence-electron chi connectivity index (χ4n) is 1.06. The van der Waals surface area contributed by atoms with Crippen molar-refractivity contribution in [1.29, 1.82) is 0 Å². The molecule has 0 saturated carbocycles. The molecule has 0 amide bonds. The topological polar surface area (TPSA) is 46.2 Å². The molecule has 3 nitrogen and oxygen atoms in total. The molecule has 0 saturated heterocycles. The maximum atomic E-state index is 11.3. The molecule has 0 fully saturated rings. The molecule has 0 heterocycles. The Morgan fingerprint density at radius 3 is 2.57 bits per heavy atom. The van der Waals surface area contributed by atoms with Gasteiger partial charge in [0.1, 0.15) is 4.66 Å². The van der Waals surface area contributed by atoms with Gasteiger partial charge in [-0.3, -0.25) is 4.72 Å². The lowest BCUT2D eigenvalue weighted by molar-refractivity contribution is 0.606. The fraction of sp³-hybridized carbons (Fsp3) is 0.333. The van der Waals surface area contributed by atoms with E-state index in [1.165, 1.54) is 0 Å². The third-order valence-electron chi connectivity index (χ3n) is 2.01. The van der Waals surface area contributed by atoms with Gasteiger partial charge in [-0.15, -0.1) is 0 Å². The third kappa shape index (κ3) is 2.72. The highest BCUT2D eigenvalue weighted by atomic mass is 79.9. The van der Waals surface area contributed by atoms with Gasteiger partial charge in [-0.05, 0) is 31.0 Å². The summed E-state index contributed by atoms with van der Waals surface area (Å²) < 4.78 is 25.0. The molecule has 0 radical (unpaired) electrons. The summed E-state index contributed by atoms with van der Waals surface area (Å²) in [6.07, 6.45) is 0. The molecule has 0 aliphatic carbocycles. The summed E-state index contributed by atoms with van der Waals surface area (Å²) in [6.45, 7) is 3.84. The van der Waals surface area contributed by atoms with Crippen molar-refractivity contribution >= 4 is 31.6 Å². The molecule has 0 aliphatic heterocycles. The van der Waals surface area contributed by atoms with Crippen LogP contribution in [0.5, 0.6) is 0 Å². The second-order valence-electron chi connectivity index (χ2n) is 3.07. The van der Waals surface area contributed by atoms with Crippen molar-refractivity contribution < 1.29 is 8.42 Å². The van der Waals surface area contributed by atoms with Crippen LogP contribution in [0.1, 0.15) is 11.1 Å². The van der Waals surface area contributed by atoms with Crippen LogP contribution in [0.4, 0.5) is 5.69 Å². The van der Waals surface area contributed by atoms with Gasteiger partial charge in [-0.2, -0.15) is 0 Å². The number of rotatable bonds is 3. The maximum Gasteiger partial charge on any atom is 0.242 e. The summed E-state index contributed by atoms with van der Waals surface area (Å²) in [4.78, 5) is 0. The van der Waals surface area contributed by atoms with Crippen molar-refractivity contribution in [1.82, 2.24) is 0 Å². The number of benzene rings is 1. The van der Waals surface area contributed by atoms with Gasteiger partial charge in [-0.25, -0.2) is 8.42 Å². The first-order valence-electron chi connectivity index (χ1n) is 4.09. The second kappa shape index (κ2) is 4.31. The number of halogens is 1. The van der Waals surface area contributed by atoms with Gasteiger partial charge in [-0.1, -0.05) is 28.1 Å². The summed E-state index contributed by atoms with van der Waals surface area (Å²) in [5.41, 5.74) is 2.67. The van der Waals surface area contributed by atoms with Crippen LogP contribution in [-0.2, 0) is 10.0 Å². The van der Waals surface area contributed by atoms with E-state index in [0.717, 1.165) is 11.1 Å². The Labute approximate surface area is 92.7 Å². The van der Waals surface area contributed by atoms with E-state index >= 15 is 0 Å². The van der Waals surface area contributed by atoms with Gasteiger partial charge in [0.25, 0.3) is 0 Å². The number of nitrogens with one attached hydrogen (secondary N) is 1. The Morgan fingerprint density at radius 1 is 1.36 bits per heavy atom. The summed E-state index contributed by atoms with van der Waals surface area (Å²) in [6, 6.07) is 5.53. The highest BCUT2D eigenvalue weighted by Gasteiger charge is 2.09. The highest BCUT2D eigenvalue weighted by molar-refractivity contribution is 9.10. The van der Waals surface area contributed by atoms with Crippen LogP contribution in [0.15, 0.2) is 18.2 Å². The van der Waals surface area contributed by atoms with Gasteiger partial charge >= 0.3 is 0 Å². The summed E-state index contributed by atoms with van der Waals surface area (Å²) in [5, 5.41) is 0. The molecule has 0 spiro atoms. The Kier molecular flexibility index (Phi) is 3.55. The number of hydrogen-bond acceptors (Lipinski definition) is 2. The SMILES string of the molecule is Cc1cccc(NS(=O)(=O)CBr)c1C. The molecule has 14 heavy (non-hydrogen) atoms. The number of aryl methyl sites for hydroxylation is 1. The second-order valence-corrected chi connectivity index (χ2v) is 6.10. The van der Waals surface area contributed by atoms with Crippen molar-refractivity contribution in [2.45, 2.75) is 13.8 Å². The molecule has 0 aromatic heterocycles. The third-order valence-corrected chi connectivity index (χ3v) is 4.64. The van der Waals surface area contributed by atoms with E-state index in [4.69, 9.17) is 0 Å². The molecule has 0 bridgehead atoms. The van der Waals surface area contributed by atoms with Crippen molar-refractivity contribution in [2.24, 2.45) is 0 Å². The number of anilines is 1. The fourth-order valence-corrected chi connectivity index (χ4v) is 2.01. The molecule has 0 atom stereocenters. The molecule has 0 unspecified atom stereocenters. The monoisotopic (exact) mass is 277 g/mol. The summed E-state index contributed by atoms with van der Waals surface area (Å²) in [5.74, 6) is 0. The first-order valence-corrected chi connectivity index (χ1v) is 6.86. The zero-order chi connectivity index (χ0) is 10.8. The van der Waals surface area contributed by atoms with Gasteiger partial charge in [0, 0.05) is 0 Å². The van der Waals surface area contributed by atoms with Gasteiger partial charge < -0.3 is 0 Å². The normalized spacial score (nSPS) is 11.4. The van der Waals surface area contributed by atoms with Crippen LogP contribution in [0, 0.1) is 13.8 Å². The first kappa shape index (κ1) is 11.5. The minimum atomic E-state index is -3.25. The minimum Gasteiger partial charge on any atom is -0.283 e. The maximum absolute atomic E-state index is 11.3. The van der Waals surface area contributed by atoms with Crippen LogP contribution >= 0.6 is 15.9 Å². The van der Waals surface area contributed by atoms with Crippen LogP contribution < -0.4 is 4.72 Å². The zero-order valence-corrected chi connectivity index (χ0v) is 10.4. The minimum absolute atomic E-state index is 0.0899. The lowest BCUT2D eigenvalue weighted by Crippen LogP contribution is -2.14. The molecule has 5 heteroatoms. The van der Waals surface area contributed by atoms with Gasteiger partial charge in [0.05, 0.1) is 5.69 Å². The predicted octanol–water partition coefficient (Wildman–Crippen LogP) is 2.40. The number of sulfonamides is 1. The van der Waals surface area contributed by atoms with E-state index in [1.54, 1.807) is 6.07 Å². The molecule has 78 valence electrons. The van der Waals surface area contributed by atoms with Crippen molar-refractivity contribution in [3.63, 3.8) is 0 Å². The first-order chi connectivity index (χ1) is 6.46. The van der Waals surface area contributed by atoms with Gasteiger partial charge in [0.15, 0.2) is 0 Å². The average molecular weight is 278 g/mol. The Bertz CT molecular complexity index is 428. The number of hydrogen-bond donors (Lipinski definition) is 1. The molecular formula is C9H12BrNO2S. The molecule has 1 N–H and O–H groups in total. The van der Waals surface area contributed by atoms with Crippen LogP contribution in [-0.4, -0.2) is 13.1 Å². The zero-order valence-electron chi connectivity index (χ0n) is 8.04. The quantitative estimate of drug-likeness (QED) is 0.863. The Morgan fingerprint density at radius 2 is 2.00 bits per heavy atom. The highest BCUT2D eigenvalue weighted by Crippen LogP contribution is 2.19. The average Bonchev–Trinajstić information content (AvgIpc) is 2.13. The van der Waals surface area contributed by atoms with E-state index in [0.29, 0.717) is 5.69 Å². The lowest BCUT2D eigenvalue weighted by Gasteiger charge is -2.10. The molecule has 0 aliphatic rings. The van der Waals surface area contributed by atoms with E-state index in [-0.39, 0.29) is 4.66 Å². The van der Waals surface area contributed by atoms with E-state index in [2.05, 4.69) is 20.7 Å². The molecule has 1 aromatic rings. The number of alkyl halides is 1. The largest absolute Gasteiger partial charge is 0.283 e. The van der Waals surface area contributed by atoms with Crippen LogP contribution in [0.3, 0.4) is 0 Å². The predicted molar refractivity (Wildman–Crippen MR) is 62.3 cm³/mol. The molecular weight excluding hydrogens is 266 g/mol.